The molecule has 0 bridgehead atoms. The lowest BCUT2D eigenvalue weighted by Crippen LogP contribution is -2.12. The molecule has 4 heteroatoms. The number of hydrogen-bond donors (Lipinski definition) is 0. The molecule has 0 radical (unpaired) electrons. The molecule has 1 amide bonds. The van der Waals surface area contributed by atoms with Gasteiger partial charge in [-0.25, -0.2) is 9.79 Å². The molecule has 0 fully saturated rings. The standard InChI is InChI=1S/C8H7NO3/c1-5-3-6(8(11)12-2)4-9-7(5)10/h3-4H,1H2,2H3. The van der Waals surface area contributed by atoms with Gasteiger partial charge < -0.3 is 4.74 Å². The van der Waals surface area contributed by atoms with Crippen LogP contribution in [-0.4, -0.2) is 25.2 Å². The van der Waals surface area contributed by atoms with Crippen LogP contribution in [0.4, 0.5) is 0 Å². The number of hydrogen-bond acceptors (Lipinski definition) is 3. The molecule has 1 rings (SSSR count). The van der Waals surface area contributed by atoms with Gasteiger partial charge in [0.1, 0.15) is 0 Å². The van der Waals surface area contributed by atoms with Crippen molar-refractivity contribution in [1.29, 1.82) is 0 Å². The summed E-state index contributed by atoms with van der Waals surface area (Å²) in [5, 5.41) is 0. The Morgan fingerprint density at radius 2 is 2.33 bits per heavy atom. The van der Waals surface area contributed by atoms with E-state index >= 15 is 0 Å². The quantitative estimate of drug-likeness (QED) is 0.413. The molecule has 0 aromatic heterocycles. The Labute approximate surface area is 69.2 Å². The molecule has 12 heavy (non-hydrogen) atoms. The number of amides is 1. The minimum Gasteiger partial charge on any atom is -0.465 e. The maximum atomic E-state index is 10.9. The molecular weight excluding hydrogens is 158 g/mol. The van der Waals surface area contributed by atoms with E-state index in [1.165, 1.54) is 19.4 Å². The topological polar surface area (TPSA) is 55.7 Å². The summed E-state index contributed by atoms with van der Waals surface area (Å²) in [4.78, 5) is 25.1. The average Bonchev–Trinajstić information content (AvgIpc) is 2.08. The SMILES string of the molecule is C=C1C=C(C(=O)OC)C=NC1=O. The first-order valence-electron chi connectivity index (χ1n) is 3.22. The first-order valence-corrected chi connectivity index (χ1v) is 3.22. The zero-order chi connectivity index (χ0) is 9.14. The Morgan fingerprint density at radius 3 is 2.83 bits per heavy atom. The summed E-state index contributed by atoms with van der Waals surface area (Å²) >= 11 is 0. The van der Waals surface area contributed by atoms with Crippen LogP contribution >= 0.6 is 0 Å². The number of nitrogens with zero attached hydrogens (tertiary/aromatic N) is 1. The van der Waals surface area contributed by atoms with E-state index < -0.39 is 11.9 Å². The third-order valence-electron chi connectivity index (χ3n) is 1.35. The van der Waals surface area contributed by atoms with Gasteiger partial charge in [0.2, 0.25) is 0 Å². The summed E-state index contributed by atoms with van der Waals surface area (Å²) in [6.07, 6.45) is 2.52. The molecular formula is C8H7NO3. The van der Waals surface area contributed by atoms with E-state index in [4.69, 9.17) is 0 Å². The van der Waals surface area contributed by atoms with Crippen LogP contribution in [0, 0.1) is 0 Å². The fourth-order valence-electron chi connectivity index (χ4n) is 0.727. The Bertz CT molecular complexity index is 312. The Morgan fingerprint density at radius 1 is 1.67 bits per heavy atom. The number of carbonyl (C=O) groups is 2. The van der Waals surface area contributed by atoms with Crippen LogP contribution in [0.5, 0.6) is 0 Å². The molecule has 0 aliphatic carbocycles. The largest absolute Gasteiger partial charge is 0.465 e. The molecule has 1 aliphatic heterocycles. The molecule has 0 saturated carbocycles. The molecule has 0 atom stereocenters. The highest BCUT2D eigenvalue weighted by Gasteiger charge is 2.14. The van der Waals surface area contributed by atoms with Gasteiger partial charge in [-0.3, -0.25) is 4.79 Å². The van der Waals surface area contributed by atoms with Crippen LogP contribution in [0.15, 0.2) is 28.8 Å². The predicted octanol–water partition coefficient (Wildman–Crippen LogP) is 0.253. The van der Waals surface area contributed by atoms with Crippen LogP contribution in [0.2, 0.25) is 0 Å². The van der Waals surface area contributed by atoms with Crippen molar-refractivity contribution < 1.29 is 14.3 Å². The predicted molar refractivity (Wildman–Crippen MR) is 42.7 cm³/mol. The first-order chi connectivity index (χ1) is 5.65. The molecule has 62 valence electrons. The second-order valence-corrected chi connectivity index (χ2v) is 2.18. The molecule has 1 heterocycles. The van der Waals surface area contributed by atoms with Crippen molar-refractivity contribution in [2.45, 2.75) is 0 Å². The number of methoxy groups -OCH3 is 1. The van der Waals surface area contributed by atoms with Gasteiger partial charge in [-0.1, -0.05) is 6.58 Å². The smallest absolute Gasteiger partial charge is 0.339 e. The molecule has 0 N–H and O–H groups in total. The van der Waals surface area contributed by atoms with Crippen molar-refractivity contribution in [3.8, 4) is 0 Å². The highest BCUT2D eigenvalue weighted by molar-refractivity contribution is 6.18. The van der Waals surface area contributed by atoms with Gasteiger partial charge in [-0.2, -0.15) is 0 Å². The number of dihydropyridines is 1. The van der Waals surface area contributed by atoms with Crippen molar-refractivity contribution in [2.75, 3.05) is 7.11 Å². The van der Waals surface area contributed by atoms with Crippen molar-refractivity contribution in [3.05, 3.63) is 23.8 Å². The van der Waals surface area contributed by atoms with E-state index in [-0.39, 0.29) is 11.1 Å². The van der Waals surface area contributed by atoms with Gasteiger partial charge in [0.25, 0.3) is 5.91 Å². The lowest BCUT2D eigenvalue weighted by Gasteiger charge is -2.03. The first kappa shape index (κ1) is 8.39. The number of rotatable bonds is 1. The lowest BCUT2D eigenvalue weighted by atomic mass is 10.1. The van der Waals surface area contributed by atoms with Gasteiger partial charge in [0.15, 0.2) is 0 Å². The van der Waals surface area contributed by atoms with Gasteiger partial charge in [0, 0.05) is 11.8 Å². The molecule has 0 spiro atoms. The number of ether oxygens (including phenoxy) is 1. The Kier molecular flexibility index (Phi) is 2.19. The number of carbonyl (C=O) groups excluding carboxylic acids is 2. The molecule has 1 aliphatic rings. The summed E-state index contributed by atoms with van der Waals surface area (Å²) in [6.45, 7) is 3.41. The summed E-state index contributed by atoms with van der Waals surface area (Å²) in [5.41, 5.74) is 0.431. The van der Waals surface area contributed by atoms with Gasteiger partial charge in [0.05, 0.1) is 12.7 Å². The minimum absolute atomic E-state index is 0.193. The lowest BCUT2D eigenvalue weighted by molar-refractivity contribution is -0.135. The zero-order valence-corrected chi connectivity index (χ0v) is 6.53. The fraction of sp³-hybridized carbons (Fsp3) is 0.125. The number of aliphatic imine (C=N–C) groups is 1. The molecule has 0 saturated heterocycles. The van der Waals surface area contributed by atoms with E-state index in [1.54, 1.807) is 0 Å². The van der Waals surface area contributed by atoms with E-state index in [9.17, 15) is 9.59 Å². The maximum absolute atomic E-state index is 10.9. The summed E-state index contributed by atoms with van der Waals surface area (Å²) in [6, 6.07) is 0. The normalized spacial score (nSPS) is 15.9. The van der Waals surface area contributed by atoms with Crippen LogP contribution in [-0.2, 0) is 14.3 Å². The fourth-order valence-corrected chi connectivity index (χ4v) is 0.727. The Hall–Kier alpha value is -1.71. The molecule has 0 aromatic carbocycles. The summed E-state index contributed by atoms with van der Waals surface area (Å²) in [7, 11) is 1.26. The summed E-state index contributed by atoms with van der Waals surface area (Å²) < 4.78 is 4.42. The molecule has 0 aromatic rings. The second kappa shape index (κ2) is 3.13. The minimum atomic E-state index is -0.521. The van der Waals surface area contributed by atoms with Gasteiger partial charge in [-0.15, -0.1) is 0 Å². The van der Waals surface area contributed by atoms with E-state index in [0.717, 1.165) is 0 Å². The summed E-state index contributed by atoms with van der Waals surface area (Å²) in [5.74, 6) is -0.949. The van der Waals surface area contributed by atoms with Crippen LogP contribution in [0.25, 0.3) is 0 Å². The Balaban J connectivity index is 2.90. The van der Waals surface area contributed by atoms with Gasteiger partial charge in [-0.05, 0) is 6.08 Å². The average molecular weight is 165 g/mol. The highest BCUT2D eigenvalue weighted by atomic mass is 16.5. The number of esters is 1. The van der Waals surface area contributed by atoms with E-state index in [0.29, 0.717) is 0 Å². The van der Waals surface area contributed by atoms with Crippen molar-refractivity contribution >= 4 is 18.1 Å². The zero-order valence-electron chi connectivity index (χ0n) is 6.53. The monoisotopic (exact) mass is 165 g/mol. The third-order valence-corrected chi connectivity index (χ3v) is 1.35. The van der Waals surface area contributed by atoms with Gasteiger partial charge >= 0.3 is 5.97 Å². The maximum Gasteiger partial charge on any atom is 0.339 e. The van der Waals surface area contributed by atoms with E-state index in [2.05, 4.69) is 16.3 Å². The molecule has 0 unspecified atom stereocenters. The van der Waals surface area contributed by atoms with Crippen molar-refractivity contribution in [1.82, 2.24) is 0 Å². The second-order valence-electron chi connectivity index (χ2n) is 2.18. The van der Waals surface area contributed by atoms with E-state index in [1.807, 2.05) is 0 Å². The van der Waals surface area contributed by atoms with Crippen LogP contribution in [0.1, 0.15) is 0 Å². The van der Waals surface area contributed by atoms with Crippen molar-refractivity contribution in [2.24, 2.45) is 4.99 Å². The third kappa shape index (κ3) is 1.47. The highest BCUT2D eigenvalue weighted by Crippen LogP contribution is 2.08. The van der Waals surface area contributed by atoms with Crippen molar-refractivity contribution in [3.63, 3.8) is 0 Å². The van der Waals surface area contributed by atoms with Crippen LogP contribution in [0.3, 0.4) is 0 Å². The van der Waals surface area contributed by atoms with Crippen LogP contribution < -0.4 is 0 Å². The molecule has 4 nitrogen and oxygen atoms in total.